The second-order valence-electron chi connectivity index (χ2n) is 4.57. The summed E-state index contributed by atoms with van der Waals surface area (Å²) in [5, 5.41) is 12.2. The van der Waals surface area contributed by atoms with Gasteiger partial charge < -0.3 is 15.2 Å². The number of ether oxygens (including phenoxy) is 1. The standard InChI is InChI=1S/C15H15NO4S/c1-8-4-5-10(7-11(8)20-3)14(17)16-12-6-9(2)13(21-12)15(18)19/h4-7H,1-3H3,(H,16,17)(H,18,19). The molecule has 0 atom stereocenters. The highest BCUT2D eigenvalue weighted by atomic mass is 32.1. The van der Waals surface area contributed by atoms with Gasteiger partial charge in [-0.1, -0.05) is 6.07 Å². The van der Waals surface area contributed by atoms with Gasteiger partial charge >= 0.3 is 5.97 Å². The fraction of sp³-hybridized carbons (Fsp3) is 0.200. The summed E-state index contributed by atoms with van der Waals surface area (Å²) < 4.78 is 5.19. The summed E-state index contributed by atoms with van der Waals surface area (Å²) in [5.41, 5.74) is 2.03. The summed E-state index contributed by atoms with van der Waals surface area (Å²) in [6.07, 6.45) is 0. The first kappa shape index (κ1) is 15.1. The van der Waals surface area contributed by atoms with Gasteiger partial charge in [-0.05, 0) is 43.2 Å². The van der Waals surface area contributed by atoms with E-state index in [1.807, 2.05) is 6.92 Å². The van der Waals surface area contributed by atoms with Gasteiger partial charge in [-0.2, -0.15) is 0 Å². The first-order chi connectivity index (χ1) is 9.92. The molecule has 0 spiro atoms. The molecule has 1 aromatic heterocycles. The molecule has 0 radical (unpaired) electrons. The molecule has 1 amide bonds. The lowest BCUT2D eigenvalue weighted by atomic mass is 10.1. The number of amides is 1. The molecule has 1 aromatic carbocycles. The molecular formula is C15H15NO4S. The Hall–Kier alpha value is -2.34. The van der Waals surface area contributed by atoms with Crippen LogP contribution in [0, 0.1) is 13.8 Å². The first-order valence-electron chi connectivity index (χ1n) is 6.22. The highest BCUT2D eigenvalue weighted by molar-refractivity contribution is 7.18. The van der Waals surface area contributed by atoms with Crippen molar-refractivity contribution < 1.29 is 19.4 Å². The summed E-state index contributed by atoms with van der Waals surface area (Å²) in [4.78, 5) is 23.4. The van der Waals surface area contributed by atoms with Gasteiger partial charge in [-0.25, -0.2) is 4.79 Å². The third-order valence-corrected chi connectivity index (χ3v) is 4.16. The number of carbonyl (C=O) groups is 2. The van der Waals surface area contributed by atoms with Crippen molar-refractivity contribution in [3.63, 3.8) is 0 Å². The van der Waals surface area contributed by atoms with Crippen molar-refractivity contribution in [2.75, 3.05) is 12.4 Å². The predicted octanol–water partition coefficient (Wildman–Crippen LogP) is 3.32. The number of anilines is 1. The lowest BCUT2D eigenvalue weighted by Crippen LogP contribution is -2.11. The van der Waals surface area contributed by atoms with Crippen molar-refractivity contribution in [2.24, 2.45) is 0 Å². The van der Waals surface area contributed by atoms with Crippen LogP contribution in [-0.4, -0.2) is 24.1 Å². The van der Waals surface area contributed by atoms with Crippen LogP contribution < -0.4 is 10.1 Å². The van der Waals surface area contributed by atoms with Crippen molar-refractivity contribution in [3.05, 3.63) is 45.8 Å². The molecule has 0 aliphatic carbocycles. The normalized spacial score (nSPS) is 10.2. The number of nitrogens with one attached hydrogen (secondary N) is 1. The second-order valence-corrected chi connectivity index (χ2v) is 5.62. The smallest absolute Gasteiger partial charge is 0.346 e. The zero-order chi connectivity index (χ0) is 15.6. The van der Waals surface area contributed by atoms with Crippen LogP contribution in [0.2, 0.25) is 0 Å². The minimum absolute atomic E-state index is 0.229. The molecule has 0 aliphatic rings. The number of thiophene rings is 1. The maximum atomic E-state index is 12.2. The van der Waals surface area contributed by atoms with E-state index in [1.165, 1.54) is 0 Å². The molecule has 2 rings (SSSR count). The zero-order valence-electron chi connectivity index (χ0n) is 11.9. The molecular weight excluding hydrogens is 290 g/mol. The third-order valence-electron chi connectivity index (χ3n) is 3.02. The highest BCUT2D eigenvalue weighted by Crippen LogP contribution is 2.27. The fourth-order valence-corrected chi connectivity index (χ4v) is 2.81. The molecule has 0 saturated heterocycles. The number of carboxylic acid groups (broad SMARTS) is 1. The predicted molar refractivity (Wildman–Crippen MR) is 81.7 cm³/mol. The number of benzene rings is 1. The largest absolute Gasteiger partial charge is 0.496 e. The van der Waals surface area contributed by atoms with Gasteiger partial charge in [0, 0.05) is 5.56 Å². The Morgan fingerprint density at radius 3 is 2.48 bits per heavy atom. The van der Waals surface area contributed by atoms with Gasteiger partial charge in [-0.3, -0.25) is 4.79 Å². The summed E-state index contributed by atoms with van der Waals surface area (Å²) in [6.45, 7) is 3.59. The number of carbonyl (C=O) groups excluding carboxylic acids is 1. The molecule has 0 aliphatic heterocycles. The summed E-state index contributed by atoms with van der Waals surface area (Å²) in [7, 11) is 1.55. The quantitative estimate of drug-likeness (QED) is 0.908. The van der Waals surface area contributed by atoms with E-state index >= 15 is 0 Å². The average Bonchev–Trinajstić information content (AvgIpc) is 2.80. The Kier molecular flexibility index (Phi) is 4.28. The lowest BCUT2D eigenvalue weighted by molar-refractivity contribution is 0.0701. The van der Waals surface area contributed by atoms with E-state index in [2.05, 4.69) is 5.32 Å². The molecule has 110 valence electrons. The number of aromatic carboxylic acids is 1. The molecule has 0 bridgehead atoms. The molecule has 2 N–H and O–H groups in total. The Balaban J connectivity index is 2.22. The summed E-state index contributed by atoms with van der Waals surface area (Å²) >= 11 is 1.04. The number of rotatable bonds is 4. The summed E-state index contributed by atoms with van der Waals surface area (Å²) in [5.74, 6) is -0.655. The van der Waals surface area contributed by atoms with E-state index in [0.29, 0.717) is 21.9 Å². The van der Waals surface area contributed by atoms with Crippen molar-refractivity contribution in [1.29, 1.82) is 0 Å². The maximum Gasteiger partial charge on any atom is 0.346 e. The Morgan fingerprint density at radius 1 is 1.19 bits per heavy atom. The number of methoxy groups -OCH3 is 1. The molecule has 0 saturated carbocycles. The van der Waals surface area contributed by atoms with Crippen molar-refractivity contribution in [2.45, 2.75) is 13.8 Å². The van der Waals surface area contributed by atoms with Gasteiger partial charge in [0.2, 0.25) is 0 Å². The van der Waals surface area contributed by atoms with Crippen LogP contribution in [0.3, 0.4) is 0 Å². The van der Waals surface area contributed by atoms with E-state index in [9.17, 15) is 9.59 Å². The van der Waals surface area contributed by atoms with Crippen LogP contribution in [-0.2, 0) is 0 Å². The molecule has 6 heteroatoms. The van der Waals surface area contributed by atoms with E-state index < -0.39 is 5.97 Å². The number of aryl methyl sites for hydroxylation is 2. The minimum Gasteiger partial charge on any atom is -0.496 e. The second kappa shape index (κ2) is 5.97. The van der Waals surface area contributed by atoms with Gasteiger partial charge in [0.25, 0.3) is 5.91 Å². The zero-order valence-corrected chi connectivity index (χ0v) is 12.7. The van der Waals surface area contributed by atoms with Gasteiger partial charge in [0.05, 0.1) is 12.1 Å². The van der Waals surface area contributed by atoms with E-state index in [0.717, 1.165) is 16.9 Å². The number of carboxylic acids is 1. The molecule has 21 heavy (non-hydrogen) atoms. The van der Waals surface area contributed by atoms with E-state index in [-0.39, 0.29) is 10.8 Å². The van der Waals surface area contributed by atoms with E-state index in [1.54, 1.807) is 38.3 Å². The highest BCUT2D eigenvalue weighted by Gasteiger charge is 2.15. The van der Waals surface area contributed by atoms with Crippen molar-refractivity contribution in [1.82, 2.24) is 0 Å². The van der Waals surface area contributed by atoms with Crippen LogP contribution >= 0.6 is 11.3 Å². The minimum atomic E-state index is -0.991. The molecule has 1 heterocycles. The van der Waals surface area contributed by atoms with Crippen LogP contribution in [0.15, 0.2) is 24.3 Å². The summed E-state index contributed by atoms with van der Waals surface area (Å²) in [6, 6.07) is 6.81. The first-order valence-corrected chi connectivity index (χ1v) is 7.03. The SMILES string of the molecule is COc1cc(C(=O)Nc2cc(C)c(C(=O)O)s2)ccc1C. The molecule has 2 aromatic rings. The maximum absolute atomic E-state index is 12.2. The molecule has 5 nitrogen and oxygen atoms in total. The van der Waals surface area contributed by atoms with Crippen molar-refractivity contribution in [3.8, 4) is 5.75 Å². The number of hydrogen-bond acceptors (Lipinski definition) is 4. The van der Waals surface area contributed by atoms with Gasteiger partial charge in [0.1, 0.15) is 10.6 Å². The molecule has 0 fully saturated rings. The Morgan fingerprint density at radius 2 is 1.90 bits per heavy atom. The van der Waals surface area contributed by atoms with Crippen LogP contribution in [0.5, 0.6) is 5.75 Å². The van der Waals surface area contributed by atoms with Crippen LogP contribution in [0.1, 0.15) is 31.2 Å². The number of hydrogen-bond donors (Lipinski definition) is 2. The topological polar surface area (TPSA) is 75.6 Å². The monoisotopic (exact) mass is 305 g/mol. The lowest BCUT2D eigenvalue weighted by Gasteiger charge is -2.07. The third kappa shape index (κ3) is 3.22. The van der Waals surface area contributed by atoms with Crippen molar-refractivity contribution >= 4 is 28.2 Å². The fourth-order valence-electron chi connectivity index (χ4n) is 1.90. The van der Waals surface area contributed by atoms with Crippen LogP contribution in [0.4, 0.5) is 5.00 Å². The average molecular weight is 305 g/mol. The Labute approximate surface area is 126 Å². The van der Waals surface area contributed by atoms with Crippen LogP contribution in [0.25, 0.3) is 0 Å². The Bertz CT molecular complexity index is 706. The van der Waals surface area contributed by atoms with E-state index in [4.69, 9.17) is 9.84 Å². The molecule has 0 unspecified atom stereocenters. The van der Waals surface area contributed by atoms with Gasteiger partial charge in [-0.15, -0.1) is 11.3 Å². The van der Waals surface area contributed by atoms with Gasteiger partial charge in [0.15, 0.2) is 0 Å².